The molecule has 2 aromatic heterocycles. The maximum absolute atomic E-state index is 11.9. The van der Waals surface area contributed by atoms with Crippen LogP contribution in [0.1, 0.15) is 20.8 Å². The summed E-state index contributed by atoms with van der Waals surface area (Å²) in [5.74, 6) is 1.47. The summed E-state index contributed by atoms with van der Waals surface area (Å²) in [6.45, 7) is 5.41. The summed E-state index contributed by atoms with van der Waals surface area (Å²) in [6, 6.07) is 3.49. The van der Waals surface area contributed by atoms with E-state index in [0.29, 0.717) is 34.0 Å². The molecule has 0 aliphatic carbocycles. The highest BCUT2D eigenvalue weighted by atomic mass is 16.6. The van der Waals surface area contributed by atoms with Gasteiger partial charge in [-0.2, -0.15) is 5.10 Å². The molecule has 2 heterocycles. The smallest absolute Gasteiger partial charge is 0.328 e. The van der Waals surface area contributed by atoms with Crippen molar-refractivity contribution in [3.8, 4) is 23.1 Å². The predicted molar refractivity (Wildman–Crippen MR) is 101 cm³/mol. The van der Waals surface area contributed by atoms with Gasteiger partial charge < -0.3 is 18.9 Å². The molecule has 148 valence electrons. The van der Waals surface area contributed by atoms with E-state index in [2.05, 4.69) is 15.1 Å². The number of nitrogens with zero attached hydrogens (tertiary/aromatic N) is 4. The average Bonchev–Trinajstić information content (AvgIpc) is 3.05. The van der Waals surface area contributed by atoms with Crippen molar-refractivity contribution in [2.24, 2.45) is 0 Å². The van der Waals surface area contributed by atoms with Gasteiger partial charge in [-0.1, -0.05) is 0 Å². The third-order valence-electron chi connectivity index (χ3n) is 3.63. The SMILES string of the molecule is COc1cc(OC)c2c(Oc3cnn(CC(=O)OC(C)(C)C)c3)ncnc2c1. The van der Waals surface area contributed by atoms with Gasteiger partial charge in [-0.15, -0.1) is 0 Å². The summed E-state index contributed by atoms with van der Waals surface area (Å²) in [7, 11) is 3.11. The monoisotopic (exact) mass is 386 g/mol. The summed E-state index contributed by atoms with van der Waals surface area (Å²) >= 11 is 0. The standard InChI is InChI=1S/C19H22N4O5/c1-19(2,3)28-16(24)10-23-9-13(8-22-23)27-18-17-14(20-11-21-18)6-12(25-4)7-15(17)26-5/h6-9,11H,10H2,1-5H3. The van der Waals surface area contributed by atoms with Gasteiger partial charge in [0.05, 0.1) is 32.1 Å². The van der Waals surface area contributed by atoms with Gasteiger partial charge in [-0.05, 0) is 20.8 Å². The molecule has 0 bridgehead atoms. The molecule has 0 spiro atoms. The van der Waals surface area contributed by atoms with Crippen LogP contribution in [0, 0.1) is 0 Å². The lowest BCUT2D eigenvalue weighted by Crippen LogP contribution is -2.26. The van der Waals surface area contributed by atoms with Gasteiger partial charge in [0.15, 0.2) is 5.75 Å². The number of carbonyl (C=O) groups excluding carboxylic acids is 1. The molecule has 9 heteroatoms. The number of aromatic nitrogens is 4. The van der Waals surface area contributed by atoms with E-state index in [9.17, 15) is 4.79 Å². The fraction of sp³-hybridized carbons (Fsp3) is 0.368. The summed E-state index contributed by atoms with van der Waals surface area (Å²) < 4.78 is 23.3. The van der Waals surface area contributed by atoms with Crippen LogP contribution in [0.3, 0.4) is 0 Å². The molecule has 0 amide bonds. The van der Waals surface area contributed by atoms with Gasteiger partial charge in [0, 0.05) is 12.1 Å². The van der Waals surface area contributed by atoms with E-state index in [-0.39, 0.29) is 12.5 Å². The van der Waals surface area contributed by atoms with Crippen LogP contribution in [0.4, 0.5) is 0 Å². The molecule has 1 aromatic carbocycles. The first-order chi connectivity index (χ1) is 13.3. The summed E-state index contributed by atoms with van der Waals surface area (Å²) in [5, 5.41) is 4.73. The number of benzene rings is 1. The molecule has 0 N–H and O–H groups in total. The molecule has 0 saturated carbocycles. The van der Waals surface area contributed by atoms with Crippen molar-refractivity contribution in [3.63, 3.8) is 0 Å². The zero-order chi connectivity index (χ0) is 20.3. The molecular formula is C19H22N4O5. The second-order valence-corrected chi connectivity index (χ2v) is 6.96. The number of ether oxygens (including phenoxy) is 4. The Labute approximate surface area is 162 Å². The number of rotatable bonds is 6. The number of hydrogen-bond acceptors (Lipinski definition) is 8. The molecule has 3 rings (SSSR count). The van der Waals surface area contributed by atoms with Crippen molar-refractivity contribution in [2.45, 2.75) is 32.9 Å². The Hall–Kier alpha value is -3.36. The Balaban J connectivity index is 1.84. The van der Waals surface area contributed by atoms with Crippen LogP contribution in [0.5, 0.6) is 23.1 Å². The molecule has 0 radical (unpaired) electrons. The van der Waals surface area contributed by atoms with Crippen molar-refractivity contribution < 1.29 is 23.7 Å². The lowest BCUT2D eigenvalue weighted by atomic mass is 10.2. The highest BCUT2D eigenvalue weighted by molar-refractivity contribution is 5.91. The average molecular weight is 386 g/mol. The minimum Gasteiger partial charge on any atom is -0.497 e. The van der Waals surface area contributed by atoms with Crippen LogP contribution in [0.25, 0.3) is 10.9 Å². The molecule has 0 unspecified atom stereocenters. The lowest BCUT2D eigenvalue weighted by Gasteiger charge is -2.19. The van der Waals surface area contributed by atoms with Crippen LogP contribution in [0.15, 0.2) is 30.9 Å². The van der Waals surface area contributed by atoms with E-state index < -0.39 is 5.60 Å². The van der Waals surface area contributed by atoms with Gasteiger partial charge >= 0.3 is 5.97 Å². The molecule has 0 atom stereocenters. The Kier molecular flexibility index (Phi) is 5.34. The van der Waals surface area contributed by atoms with Gasteiger partial charge in [0.1, 0.15) is 35.4 Å². The number of hydrogen-bond donors (Lipinski definition) is 0. The van der Waals surface area contributed by atoms with Crippen LogP contribution in [0.2, 0.25) is 0 Å². The maximum atomic E-state index is 11.9. The fourth-order valence-corrected chi connectivity index (χ4v) is 2.56. The topological polar surface area (TPSA) is 97.6 Å². The van der Waals surface area contributed by atoms with Crippen molar-refractivity contribution >= 4 is 16.9 Å². The Bertz CT molecular complexity index is 994. The summed E-state index contributed by atoms with van der Waals surface area (Å²) in [5.41, 5.74) is 0.0588. The molecule has 28 heavy (non-hydrogen) atoms. The first-order valence-electron chi connectivity index (χ1n) is 8.58. The second-order valence-electron chi connectivity index (χ2n) is 6.96. The number of esters is 1. The Morgan fingerprint density at radius 3 is 2.57 bits per heavy atom. The summed E-state index contributed by atoms with van der Waals surface area (Å²) in [4.78, 5) is 20.4. The zero-order valence-corrected chi connectivity index (χ0v) is 16.4. The highest BCUT2D eigenvalue weighted by Gasteiger charge is 2.18. The van der Waals surface area contributed by atoms with Crippen LogP contribution in [-0.2, 0) is 16.1 Å². The highest BCUT2D eigenvalue weighted by Crippen LogP contribution is 2.36. The first kappa shape index (κ1) is 19.4. The Morgan fingerprint density at radius 2 is 1.89 bits per heavy atom. The molecular weight excluding hydrogens is 364 g/mol. The second kappa shape index (κ2) is 7.71. The normalized spacial score (nSPS) is 11.3. The minimum atomic E-state index is -0.555. The lowest BCUT2D eigenvalue weighted by molar-refractivity contribution is -0.155. The van der Waals surface area contributed by atoms with Gasteiger partial charge in [-0.3, -0.25) is 9.48 Å². The third kappa shape index (κ3) is 4.48. The van der Waals surface area contributed by atoms with Gasteiger partial charge in [0.2, 0.25) is 5.88 Å². The van der Waals surface area contributed by atoms with E-state index in [1.807, 2.05) is 20.8 Å². The molecule has 3 aromatic rings. The Morgan fingerprint density at radius 1 is 1.11 bits per heavy atom. The van der Waals surface area contributed by atoms with E-state index in [1.165, 1.54) is 17.2 Å². The van der Waals surface area contributed by atoms with E-state index in [4.69, 9.17) is 18.9 Å². The quantitative estimate of drug-likeness (QED) is 0.597. The number of methoxy groups -OCH3 is 2. The van der Waals surface area contributed by atoms with Crippen LogP contribution >= 0.6 is 0 Å². The molecule has 9 nitrogen and oxygen atoms in total. The van der Waals surface area contributed by atoms with E-state index in [0.717, 1.165) is 0 Å². The van der Waals surface area contributed by atoms with Crippen molar-refractivity contribution in [3.05, 3.63) is 30.9 Å². The van der Waals surface area contributed by atoms with Crippen molar-refractivity contribution in [1.82, 2.24) is 19.7 Å². The minimum absolute atomic E-state index is 0.0222. The molecule has 0 aliphatic rings. The largest absolute Gasteiger partial charge is 0.497 e. The van der Waals surface area contributed by atoms with E-state index in [1.54, 1.807) is 32.5 Å². The van der Waals surface area contributed by atoms with Gasteiger partial charge in [-0.25, -0.2) is 9.97 Å². The molecule has 0 saturated heterocycles. The number of carbonyl (C=O) groups is 1. The zero-order valence-electron chi connectivity index (χ0n) is 16.4. The maximum Gasteiger partial charge on any atom is 0.328 e. The predicted octanol–water partition coefficient (Wildman–Crippen LogP) is 2.98. The van der Waals surface area contributed by atoms with Crippen LogP contribution < -0.4 is 14.2 Å². The fourth-order valence-electron chi connectivity index (χ4n) is 2.56. The van der Waals surface area contributed by atoms with E-state index >= 15 is 0 Å². The third-order valence-corrected chi connectivity index (χ3v) is 3.63. The van der Waals surface area contributed by atoms with Crippen LogP contribution in [-0.4, -0.2) is 45.5 Å². The molecule has 0 aliphatic heterocycles. The van der Waals surface area contributed by atoms with Crippen molar-refractivity contribution in [2.75, 3.05) is 14.2 Å². The van der Waals surface area contributed by atoms with Crippen molar-refractivity contribution in [1.29, 1.82) is 0 Å². The first-order valence-corrected chi connectivity index (χ1v) is 8.58. The van der Waals surface area contributed by atoms with Gasteiger partial charge in [0.25, 0.3) is 0 Å². The summed E-state index contributed by atoms with van der Waals surface area (Å²) in [6.07, 6.45) is 4.48. The molecule has 0 fully saturated rings. The number of fused-ring (bicyclic) bond motifs is 1.